The molecule has 0 bridgehead atoms. The lowest BCUT2D eigenvalue weighted by Crippen LogP contribution is -2.37. The molecule has 5 rings (SSSR count). The number of nitrogens with one attached hydrogen (secondary N) is 1. The second kappa shape index (κ2) is 14.7. The van der Waals surface area contributed by atoms with Crippen LogP contribution in [0.2, 0.25) is 0 Å². The maximum Gasteiger partial charge on any atom is 0.410 e. The highest BCUT2D eigenvalue weighted by Crippen LogP contribution is 2.36. The van der Waals surface area contributed by atoms with Gasteiger partial charge in [0.05, 0.1) is 31.0 Å². The van der Waals surface area contributed by atoms with Gasteiger partial charge in [-0.25, -0.2) is 14.8 Å². The van der Waals surface area contributed by atoms with Crippen LogP contribution >= 0.6 is 0 Å². The van der Waals surface area contributed by atoms with Gasteiger partial charge in [0.1, 0.15) is 24.3 Å². The van der Waals surface area contributed by atoms with Gasteiger partial charge in [-0.15, -0.1) is 0 Å². The van der Waals surface area contributed by atoms with E-state index in [9.17, 15) is 9.59 Å². The van der Waals surface area contributed by atoms with E-state index in [4.69, 9.17) is 23.7 Å². The summed E-state index contributed by atoms with van der Waals surface area (Å²) in [5.41, 5.74) is 3.50. The Bertz CT molecular complexity index is 1720. The number of rotatable bonds is 13. The zero-order valence-corrected chi connectivity index (χ0v) is 27.8. The average molecular weight is 643 g/mol. The van der Waals surface area contributed by atoms with Crippen LogP contribution in [0.4, 0.5) is 10.5 Å². The maximum atomic E-state index is 13.0. The zero-order chi connectivity index (χ0) is 33.6. The summed E-state index contributed by atoms with van der Waals surface area (Å²) >= 11 is 0. The van der Waals surface area contributed by atoms with Crippen LogP contribution in [0.1, 0.15) is 50.3 Å². The van der Waals surface area contributed by atoms with Crippen molar-refractivity contribution in [3.05, 3.63) is 77.6 Å². The number of ether oxygens (including phenoxy) is 5. The molecule has 1 aliphatic rings. The minimum absolute atomic E-state index is 0.154. The molecule has 1 aliphatic carbocycles. The Balaban J connectivity index is 1.22. The summed E-state index contributed by atoms with van der Waals surface area (Å²) in [4.78, 5) is 36.4. The van der Waals surface area contributed by atoms with Gasteiger partial charge in [0.25, 0.3) is 0 Å². The molecule has 1 aromatic heterocycles. The summed E-state index contributed by atoms with van der Waals surface area (Å²) in [5.74, 6) is 1.84. The topological polar surface area (TPSA) is 121 Å². The van der Waals surface area contributed by atoms with E-state index in [-0.39, 0.29) is 24.5 Å². The molecule has 0 spiro atoms. The molecule has 0 radical (unpaired) electrons. The van der Waals surface area contributed by atoms with Crippen molar-refractivity contribution < 1.29 is 33.3 Å². The molecule has 2 amide bonds. The van der Waals surface area contributed by atoms with Gasteiger partial charge in [0.2, 0.25) is 11.8 Å². The summed E-state index contributed by atoms with van der Waals surface area (Å²) in [6.45, 7) is 8.81. The molecular weight excluding hydrogens is 600 g/mol. The predicted octanol–water partition coefficient (Wildman–Crippen LogP) is 6.85. The number of hydrogen-bond acceptors (Lipinski definition) is 9. The van der Waals surface area contributed by atoms with Crippen molar-refractivity contribution in [1.82, 2.24) is 14.9 Å². The van der Waals surface area contributed by atoms with E-state index in [2.05, 4.69) is 15.3 Å². The summed E-state index contributed by atoms with van der Waals surface area (Å²) in [7, 11) is 3.18. The number of amides is 2. The van der Waals surface area contributed by atoms with Gasteiger partial charge in [-0.05, 0) is 87.6 Å². The average Bonchev–Trinajstić information content (AvgIpc) is 3.85. The molecule has 1 fully saturated rings. The van der Waals surface area contributed by atoms with E-state index in [0.717, 1.165) is 29.5 Å². The number of benzene rings is 3. The number of anilines is 1. The molecule has 11 heteroatoms. The van der Waals surface area contributed by atoms with Gasteiger partial charge >= 0.3 is 6.09 Å². The van der Waals surface area contributed by atoms with Crippen molar-refractivity contribution in [2.75, 3.05) is 32.8 Å². The first-order valence-electron chi connectivity index (χ1n) is 15.6. The molecular formula is C36H42N4O7. The molecule has 1 heterocycles. The molecule has 47 heavy (non-hydrogen) atoms. The molecule has 3 aromatic carbocycles. The van der Waals surface area contributed by atoms with Crippen molar-refractivity contribution in [3.8, 4) is 23.1 Å². The van der Waals surface area contributed by atoms with E-state index in [1.54, 1.807) is 43.4 Å². The smallest absolute Gasteiger partial charge is 0.410 e. The van der Waals surface area contributed by atoms with Gasteiger partial charge in [-0.2, -0.15) is 0 Å². The summed E-state index contributed by atoms with van der Waals surface area (Å²) in [5, 5.41) is 3.67. The van der Waals surface area contributed by atoms with Crippen LogP contribution in [0.25, 0.3) is 10.9 Å². The molecule has 4 aromatic rings. The minimum atomic E-state index is -0.566. The van der Waals surface area contributed by atoms with Crippen molar-refractivity contribution >= 4 is 28.6 Å². The number of carbonyl (C=O) groups is 2. The normalized spacial score (nSPS) is 12.8. The molecule has 1 N–H and O–H groups in total. The quantitative estimate of drug-likeness (QED) is 0.156. The van der Waals surface area contributed by atoms with Crippen LogP contribution in [0, 0.1) is 6.92 Å². The summed E-state index contributed by atoms with van der Waals surface area (Å²) in [6.07, 6.45) is 3.22. The molecule has 0 saturated heterocycles. The van der Waals surface area contributed by atoms with Gasteiger partial charge in [0.15, 0.2) is 11.5 Å². The number of aromatic nitrogens is 2. The fourth-order valence-electron chi connectivity index (χ4n) is 5.08. The van der Waals surface area contributed by atoms with Crippen molar-refractivity contribution in [1.29, 1.82) is 0 Å². The lowest BCUT2D eigenvalue weighted by atomic mass is 10.1. The highest BCUT2D eigenvalue weighted by Gasteiger charge is 2.35. The van der Waals surface area contributed by atoms with Crippen LogP contribution in [-0.2, 0) is 27.2 Å². The fourth-order valence-corrected chi connectivity index (χ4v) is 5.08. The monoisotopic (exact) mass is 642 g/mol. The Morgan fingerprint density at radius 2 is 1.70 bits per heavy atom. The van der Waals surface area contributed by atoms with Crippen molar-refractivity contribution in [2.24, 2.45) is 0 Å². The number of carbonyl (C=O) groups excluding carboxylic acids is 2. The lowest BCUT2D eigenvalue weighted by Gasteiger charge is -2.27. The summed E-state index contributed by atoms with van der Waals surface area (Å²) < 4.78 is 28.1. The van der Waals surface area contributed by atoms with E-state index in [1.165, 1.54) is 6.33 Å². The fraction of sp³-hybridized carbons (Fsp3) is 0.389. The van der Waals surface area contributed by atoms with Crippen LogP contribution in [-0.4, -0.2) is 65.9 Å². The number of aryl methyl sites for hydroxylation is 1. The largest absolute Gasteiger partial charge is 0.493 e. The Kier molecular flexibility index (Phi) is 10.5. The second-order valence-electron chi connectivity index (χ2n) is 12.6. The third kappa shape index (κ3) is 9.32. The van der Waals surface area contributed by atoms with Crippen LogP contribution in [0.15, 0.2) is 60.9 Å². The van der Waals surface area contributed by atoms with Crippen LogP contribution in [0.5, 0.6) is 23.1 Å². The van der Waals surface area contributed by atoms with Gasteiger partial charge in [-0.3, -0.25) is 4.79 Å². The lowest BCUT2D eigenvalue weighted by molar-refractivity contribution is -0.115. The number of fused-ring (bicyclic) bond motifs is 1. The van der Waals surface area contributed by atoms with Gasteiger partial charge < -0.3 is 33.9 Å². The molecule has 1 saturated carbocycles. The number of methoxy groups -OCH3 is 2. The van der Waals surface area contributed by atoms with Gasteiger partial charge in [0, 0.05) is 31.5 Å². The van der Waals surface area contributed by atoms with Crippen LogP contribution in [0.3, 0.4) is 0 Å². The first kappa shape index (κ1) is 33.5. The highest BCUT2D eigenvalue weighted by molar-refractivity contribution is 5.92. The van der Waals surface area contributed by atoms with E-state index in [1.807, 2.05) is 58.0 Å². The standard InChI is InChI=1S/C36H42N4O7/c1-23-15-25(21-40(27-9-10-27)35(42)47-36(2,3)4)17-26(16-23)39-33(41)18-24-7-11-28(12-8-24)46-34-29-19-31(44-6)32(45-14-13-43-5)20-30(29)37-22-38-34/h7-8,11-12,15-17,19-20,22,27H,9-10,13-14,18,21H2,1-6H3,(H,39,41). The number of nitrogens with zero attached hydrogens (tertiary/aromatic N) is 3. The van der Waals surface area contributed by atoms with Crippen LogP contribution < -0.4 is 19.5 Å². The Morgan fingerprint density at radius 1 is 0.936 bits per heavy atom. The molecule has 11 nitrogen and oxygen atoms in total. The minimum Gasteiger partial charge on any atom is -0.493 e. The van der Waals surface area contributed by atoms with E-state index >= 15 is 0 Å². The maximum absolute atomic E-state index is 13.0. The SMILES string of the molecule is COCCOc1cc2ncnc(Oc3ccc(CC(=O)Nc4cc(C)cc(CN(C(=O)OC(C)(C)C)C5CC5)c4)cc3)c2cc1OC. The molecule has 248 valence electrons. The molecule has 0 aliphatic heterocycles. The summed E-state index contributed by atoms with van der Waals surface area (Å²) in [6, 6.07) is 16.9. The third-order valence-electron chi connectivity index (χ3n) is 7.32. The highest BCUT2D eigenvalue weighted by atomic mass is 16.6. The first-order chi connectivity index (χ1) is 22.5. The zero-order valence-electron chi connectivity index (χ0n) is 27.8. The Labute approximate surface area is 275 Å². The Hall–Kier alpha value is -4.90. The van der Waals surface area contributed by atoms with E-state index < -0.39 is 5.60 Å². The third-order valence-corrected chi connectivity index (χ3v) is 7.32. The molecule has 0 atom stereocenters. The first-order valence-corrected chi connectivity index (χ1v) is 15.6. The predicted molar refractivity (Wildman–Crippen MR) is 178 cm³/mol. The number of hydrogen-bond donors (Lipinski definition) is 1. The second-order valence-corrected chi connectivity index (χ2v) is 12.6. The van der Waals surface area contributed by atoms with E-state index in [0.29, 0.717) is 59.5 Å². The van der Waals surface area contributed by atoms with Crippen molar-refractivity contribution in [3.63, 3.8) is 0 Å². The molecule has 0 unspecified atom stereocenters. The Morgan fingerprint density at radius 3 is 2.38 bits per heavy atom. The van der Waals surface area contributed by atoms with Crippen molar-refractivity contribution in [2.45, 2.75) is 65.1 Å². The van der Waals surface area contributed by atoms with Gasteiger partial charge in [-0.1, -0.05) is 18.2 Å².